The van der Waals surface area contributed by atoms with Crippen LogP contribution in [0.5, 0.6) is 5.75 Å². The molecule has 0 amide bonds. The number of hydrogen-bond acceptors (Lipinski definition) is 3. The van der Waals surface area contributed by atoms with Crippen LogP contribution in [0.3, 0.4) is 0 Å². The number of thioether (sulfide) groups is 1. The Balaban J connectivity index is 2.09. The number of aryl methyl sites for hydroxylation is 2. The summed E-state index contributed by atoms with van der Waals surface area (Å²) in [5.41, 5.74) is 3.29. The third-order valence-corrected chi connectivity index (χ3v) is 5.09. The minimum atomic E-state index is -0.335. The van der Waals surface area contributed by atoms with E-state index in [1.54, 1.807) is 7.11 Å². The highest BCUT2D eigenvalue weighted by Crippen LogP contribution is 2.34. The number of methoxy groups -OCH3 is 1. The van der Waals surface area contributed by atoms with Crippen molar-refractivity contribution >= 4 is 11.8 Å². The molecule has 1 aliphatic rings. The Labute approximate surface area is 120 Å². The summed E-state index contributed by atoms with van der Waals surface area (Å²) < 4.78 is 5.33. The highest BCUT2D eigenvalue weighted by Gasteiger charge is 2.20. The van der Waals surface area contributed by atoms with Gasteiger partial charge < -0.3 is 9.84 Å². The molecule has 1 saturated heterocycles. The van der Waals surface area contributed by atoms with Gasteiger partial charge in [-0.25, -0.2) is 0 Å². The lowest BCUT2D eigenvalue weighted by Gasteiger charge is -2.25. The Morgan fingerprint density at radius 2 is 1.95 bits per heavy atom. The van der Waals surface area contributed by atoms with Crippen LogP contribution in [0.1, 0.15) is 42.1 Å². The molecule has 1 heterocycles. The van der Waals surface area contributed by atoms with E-state index in [9.17, 15) is 5.11 Å². The van der Waals surface area contributed by atoms with E-state index < -0.39 is 0 Å². The summed E-state index contributed by atoms with van der Waals surface area (Å²) in [5, 5.41) is 10.5. The van der Waals surface area contributed by atoms with Crippen LogP contribution < -0.4 is 4.74 Å². The van der Waals surface area contributed by atoms with E-state index in [0.29, 0.717) is 5.92 Å². The number of benzene rings is 1. The van der Waals surface area contributed by atoms with Crippen molar-refractivity contribution in [2.24, 2.45) is 5.92 Å². The van der Waals surface area contributed by atoms with Crippen molar-refractivity contribution in [1.29, 1.82) is 0 Å². The second kappa shape index (κ2) is 6.67. The maximum atomic E-state index is 10.5. The molecule has 0 aliphatic carbocycles. The van der Waals surface area contributed by atoms with Crippen LogP contribution >= 0.6 is 11.8 Å². The second-order valence-corrected chi connectivity index (χ2v) is 6.71. The van der Waals surface area contributed by atoms with E-state index in [-0.39, 0.29) is 6.10 Å². The van der Waals surface area contributed by atoms with Gasteiger partial charge in [0.2, 0.25) is 0 Å². The molecule has 2 nitrogen and oxygen atoms in total. The maximum Gasteiger partial charge on any atom is 0.122 e. The highest BCUT2D eigenvalue weighted by molar-refractivity contribution is 7.99. The molecule has 2 rings (SSSR count). The largest absolute Gasteiger partial charge is 0.496 e. The number of hydrogen-bond donors (Lipinski definition) is 1. The zero-order valence-electron chi connectivity index (χ0n) is 12.1. The molecule has 0 saturated carbocycles. The van der Waals surface area contributed by atoms with Gasteiger partial charge in [-0.05, 0) is 79.4 Å². The van der Waals surface area contributed by atoms with Gasteiger partial charge in [0.15, 0.2) is 0 Å². The van der Waals surface area contributed by atoms with Gasteiger partial charge in [0.05, 0.1) is 13.2 Å². The molecule has 1 N–H and O–H groups in total. The van der Waals surface area contributed by atoms with Crippen LogP contribution in [0, 0.1) is 19.8 Å². The van der Waals surface area contributed by atoms with Crippen molar-refractivity contribution in [1.82, 2.24) is 0 Å². The fourth-order valence-corrected chi connectivity index (χ4v) is 4.02. The van der Waals surface area contributed by atoms with Gasteiger partial charge in [0, 0.05) is 0 Å². The molecule has 1 unspecified atom stereocenters. The number of rotatable bonds is 4. The average Bonchev–Trinajstić information content (AvgIpc) is 2.42. The molecule has 1 fully saturated rings. The van der Waals surface area contributed by atoms with Crippen molar-refractivity contribution in [2.75, 3.05) is 18.6 Å². The molecule has 0 spiro atoms. The van der Waals surface area contributed by atoms with Crippen LogP contribution in [0.15, 0.2) is 12.1 Å². The van der Waals surface area contributed by atoms with Crippen molar-refractivity contribution in [2.45, 2.75) is 39.2 Å². The van der Waals surface area contributed by atoms with Crippen LogP contribution in [0.4, 0.5) is 0 Å². The Morgan fingerprint density at radius 1 is 1.26 bits per heavy atom. The van der Waals surface area contributed by atoms with Crippen LogP contribution in [0.25, 0.3) is 0 Å². The third-order valence-electron chi connectivity index (χ3n) is 4.04. The average molecular weight is 280 g/mol. The smallest absolute Gasteiger partial charge is 0.122 e. The predicted octanol–water partition coefficient (Wildman–Crippen LogP) is 3.88. The second-order valence-electron chi connectivity index (χ2n) is 5.49. The van der Waals surface area contributed by atoms with Crippen molar-refractivity contribution in [3.05, 3.63) is 28.8 Å². The number of aliphatic hydroxyl groups excluding tert-OH is 1. The molecule has 3 heteroatoms. The molecule has 1 aliphatic heterocycles. The summed E-state index contributed by atoms with van der Waals surface area (Å²) in [6, 6.07) is 4.11. The predicted molar refractivity (Wildman–Crippen MR) is 82.1 cm³/mol. The van der Waals surface area contributed by atoms with Gasteiger partial charge >= 0.3 is 0 Å². The first-order valence-electron chi connectivity index (χ1n) is 7.02. The lowest BCUT2D eigenvalue weighted by atomic mass is 9.90. The molecule has 1 atom stereocenters. The summed E-state index contributed by atoms with van der Waals surface area (Å²) in [6.07, 6.45) is 3.05. The van der Waals surface area contributed by atoms with Crippen LogP contribution in [0.2, 0.25) is 0 Å². The SMILES string of the molecule is COc1cc(C)c(C(O)CC2CCSCC2)cc1C. The summed E-state index contributed by atoms with van der Waals surface area (Å²) in [7, 11) is 1.69. The minimum Gasteiger partial charge on any atom is -0.496 e. The van der Waals surface area contributed by atoms with E-state index in [1.165, 1.54) is 24.3 Å². The molecule has 1 aromatic rings. The van der Waals surface area contributed by atoms with Gasteiger partial charge in [-0.15, -0.1) is 0 Å². The van der Waals surface area contributed by atoms with Crippen LogP contribution in [-0.2, 0) is 0 Å². The van der Waals surface area contributed by atoms with E-state index in [4.69, 9.17) is 4.74 Å². The molecule has 19 heavy (non-hydrogen) atoms. The van der Waals surface area contributed by atoms with Crippen molar-refractivity contribution in [3.63, 3.8) is 0 Å². The Kier molecular flexibility index (Phi) is 5.17. The molecule has 0 radical (unpaired) electrons. The zero-order valence-corrected chi connectivity index (χ0v) is 12.9. The van der Waals surface area contributed by atoms with E-state index in [2.05, 4.69) is 13.0 Å². The summed E-state index contributed by atoms with van der Waals surface area (Å²) in [5.74, 6) is 4.08. The van der Waals surface area contributed by atoms with Crippen molar-refractivity contribution < 1.29 is 9.84 Å². The molecule has 0 aromatic heterocycles. The van der Waals surface area contributed by atoms with E-state index >= 15 is 0 Å². The Bertz CT molecular complexity index is 425. The normalized spacial score (nSPS) is 18.3. The van der Waals surface area contributed by atoms with Gasteiger partial charge in [-0.1, -0.05) is 0 Å². The van der Waals surface area contributed by atoms with Gasteiger partial charge in [-0.2, -0.15) is 11.8 Å². The first-order chi connectivity index (χ1) is 9.11. The lowest BCUT2D eigenvalue weighted by molar-refractivity contribution is 0.140. The third kappa shape index (κ3) is 3.67. The topological polar surface area (TPSA) is 29.5 Å². The van der Waals surface area contributed by atoms with Gasteiger partial charge in [0.1, 0.15) is 5.75 Å². The van der Waals surface area contributed by atoms with E-state index in [1.807, 2.05) is 24.8 Å². The Morgan fingerprint density at radius 3 is 2.58 bits per heavy atom. The fraction of sp³-hybridized carbons (Fsp3) is 0.625. The summed E-state index contributed by atoms with van der Waals surface area (Å²) in [4.78, 5) is 0. The summed E-state index contributed by atoms with van der Waals surface area (Å²) >= 11 is 2.03. The molecule has 0 bridgehead atoms. The number of aliphatic hydroxyl groups is 1. The number of ether oxygens (including phenoxy) is 1. The lowest BCUT2D eigenvalue weighted by Crippen LogP contribution is -2.14. The standard InChI is InChI=1S/C16H24O2S/c1-11-9-16(18-3)12(2)8-14(11)15(17)10-13-4-6-19-7-5-13/h8-9,13,15,17H,4-7,10H2,1-3H3. The van der Waals surface area contributed by atoms with Crippen LogP contribution in [-0.4, -0.2) is 23.7 Å². The monoisotopic (exact) mass is 280 g/mol. The molecule has 106 valence electrons. The maximum absolute atomic E-state index is 10.5. The highest BCUT2D eigenvalue weighted by atomic mass is 32.2. The quantitative estimate of drug-likeness (QED) is 0.907. The van der Waals surface area contributed by atoms with E-state index in [0.717, 1.165) is 28.9 Å². The molecular formula is C16H24O2S. The first-order valence-corrected chi connectivity index (χ1v) is 8.18. The first kappa shape index (κ1) is 14.7. The minimum absolute atomic E-state index is 0.335. The fourth-order valence-electron chi connectivity index (χ4n) is 2.82. The summed E-state index contributed by atoms with van der Waals surface area (Å²) in [6.45, 7) is 4.09. The zero-order chi connectivity index (χ0) is 13.8. The molecule has 1 aromatic carbocycles. The van der Waals surface area contributed by atoms with Crippen molar-refractivity contribution in [3.8, 4) is 5.75 Å². The Hall–Kier alpha value is -0.670. The van der Waals surface area contributed by atoms with Gasteiger partial charge in [-0.3, -0.25) is 0 Å². The molecular weight excluding hydrogens is 256 g/mol. The van der Waals surface area contributed by atoms with Gasteiger partial charge in [0.25, 0.3) is 0 Å².